The Kier molecular flexibility index (Phi) is 7.62. The Bertz CT molecular complexity index is 434. The molecular weight excluding hydrogens is 324 g/mol. The van der Waals surface area contributed by atoms with Crippen LogP contribution in [-0.2, 0) is 9.53 Å². The van der Waals surface area contributed by atoms with Gasteiger partial charge in [-0.25, -0.2) is 0 Å². The number of ether oxygens (including phenoxy) is 2. The van der Waals surface area contributed by atoms with Crippen molar-refractivity contribution in [1.82, 2.24) is 0 Å². The molecule has 0 aliphatic carbocycles. The summed E-state index contributed by atoms with van der Waals surface area (Å²) in [6, 6.07) is 5.37. The molecule has 0 fully saturated rings. The van der Waals surface area contributed by atoms with E-state index in [-0.39, 0.29) is 12.4 Å². The van der Waals surface area contributed by atoms with E-state index in [0.717, 1.165) is 22.9 Å². The van der Waals surface area contributed by atoms with Gasteiger partial charge in [0.25, 0.3) is 0 Å². The van der Waals surface area contributed by atoms with Crippen LogP contribution in [0.5, 0.6) is 5.75 Å². The van der Waals surface area contributed by atoms with Gasteiger partial charge in [-0.1, -0.05) is 19.4 Å². The van der Waals surface area contributed by atoms with Crippen molar-refractivity contribution < 1.29 is 19.4 Å². The second kappa shape index (κ2) is 8.97. The minimum Gasteiger partial charge on any atom is -0.496 e. The number of unbranched alkanes of at least 4 members (excludes halogenated alkanes) is 1. The summed E-state index contributed by atoms with van der Waals surface area (Å²) in [5.74, 6) is 0.449. The highest BCUT2D eigenvalue weighted by atomic mass is 79.9. The Balaban J connectivity index is 2.44. The highest BCUT2D eigenvalue weighted by Gasteiger charge is 2.13. The number of esters is 1. The SMILES string of the molecule is CCCCOC(=O)CCC(O)c1ccc(OC)c(Br)c1. The van der Waals surface area contributed by atoms with Gasteiger partial charge in [-0.05, 0) is 46.5 Å². The Labute approximate surface area is 128 Å². The van der Waals surface area contributed by atoms with Gasteiger partial charge in [0.1, 0.15) is 5.75 Å². The van der Waals surface area contributed by atoms with Gasteiger partial charge in [-0.15, -0.1) is 0 Å². The second-order valence-corrected chi connectivity index (χ2v) is 5.38. The molecule has 0 aliphatic rings. The molecule has 1 aromatic rings. The third-order valence-electron chi connectivity index (χ3n) is 2.94. The third kappa shape index (κ3) is 5.51. The summed E-state index contributed by atoms with van der Waals surface area (Å²) in [6.07, 6.45) is 1.75. The maximum atomic E-state index is 11.5. The van der Waals surface area contributed by atoms with Gasteiger partial charge in [-0.3, -0.25) is 4.79 Å². The summed E-state index contributed by atoms with van der Waals surface area (Å²) in [6.45, 7) is 2.50. The van der Waals surface area contributed by atoms with Crippen LogP contribution in [0, 0.1) is 0 Å². The number of halogens is 1. The van der Waals surface area contributed by atoms with Crippen molar-refractivity contribution in [3.8, 4) is 5.75 Å². The van der Waals surface area contributed by atoms with E-state index < -0.39 is 6.10 Å². The number of carbonyl (C=O) groups excluding carboxylic acids is 1. The van der Waals surface area contributed by atoms with Crippen LogP contribution >= 0.6 is 15.9 Å². The van der Waals surface area contributed by atoms with Gasteiger partial charge in [0.05, 0.1) is 24.3 Å². The predicted molar refractivity (Wildman–Crippen MR) is 80.8 cm³/mol. The van der Waals surface area contributed by atoms with E-state index in [1.807, 2.05) is 6.92 Å². The van der Waals surface area contributed by atoms with Crippen molar-refractivity contribution in [2.24, 2.45) is 0 Å². The molecule has 1 unspecified atom stereocenters. The quantitative estimate of drug-likeness (QED) is 0.578. The molecule has 20 heavy (non-hydrogen) atoms. The van der Waals surface area contributed by atoms with E-state index in [1.54, 1.807) is 25.3 Å². The monoisotopic (exact) mass is 344 g/mol. The van der Waals surface area contributed by atoms with Gasteiger partial charge in [-0.2, -0.15) is 0 Å². The molecule has 0 bridgehead atoms. The summed E-state index contributed by atoms with van der Waals surface area (Å²) >= 11 is 3.37. The molecule has 1 atom stereocenters. The zero-order valence-corrected chi connectivity index (χ0v) is 13.5. The smallest absolute Gasteiger partial charge is 0.305 e. The van der Waals surface area contributed by atoms with Crippen LogP contribution < -0.4 is 4.74 Å². The lowest BCUT2D eigenvalue weighted by Crippen LogP contribution is -2.08. The highest BCUT2D eigenvalue weighted by Crippen LogP contribution is 2.29. The molecule has 0 aromatic heterocycles. The molecule has 1 rings (SSSR count). The maximum Gasteiger partial charge on any atom is 0.305 e. The normalized spacial score (nSPS) is 12.0. The summed E-state index contributed by atoms with van der Waals surface area (Å²) < 4.78 is 11.0. The third-order valence-corrected chi connectivity index (χ3v) is 3.56. The van der Waals surface area contributed by atoms with Gasteiger partial charge < -0.3 is 14.6 Å². The van der Waals surface area contributed by atoms with Crippen molar-refractivity contribution in [1.29, 1.82) is 0 Å². The topological polar surface area (TPSA) is 55.8 Å². The van der Waals surface area contributed by atoms with Crippen LogP contribution in [0.15, 0.2) is 22.7 Å². The largest absolute Gasteiger partial charge is 0.496 e. The van der Waals surface area contributed by atoms with Crippen LogP contribution in [0.4, 0.5) is 0 Å². The Hall–Kier alpha value is -1.07. The lowest BCUT2D eigenvalue weighted by atomic mass is 10.0. The van der Waals surface area contributed by atoms with Crippen LogP contribution in [0.3, 0.4) is 0 Å². The molecule has 0 saturated carbocycles. The van der Waals surface area contributed by atoms with E-state index in [0.29, 0.717) is 18.8 Å². The fourth-order valence-electron chi connectivity index (χ4n) is 1.71. The van der Waals surface area contributed by atoms with Gasteiger partial charge in [0.2, 0.25) is 0 Å². The first-order valence-electron chi connectivity index (χ1n) is 6.75. The van der Waals surface area contributed by atoms with Gasteiger partial charge in [0, 0.05) is 6.42 Å². The first kappa shape index (κ1) is 17.0. The first-order chi connectivity index (χ1) is 9.58. The Morgan fingerprint density at radius 2 is 2.20 bits per heavy atom. The minimum absolute atomic E-state index is 0.217. The van der Waals surface area contributed by atoms with E-state index in [1.165, 1.54) is 0 Å². The van der Waals surface area contributed by atoms with Crippen LogP contribution in [0.2, 0.25) is 0 Å². The zero-order valence-electron chi connectivity index (χ0n) is 11.9. The lowest BCUT2D eigenvalue weighted by Gasteiger charge is -2.12. The molecule has 0 heterocycles. The van der Waals surface area contributed by atoms with E-state index >= 15 is 0 Å². The van der Waals surface area contributed by atoms with E-state index in [9.17, 15) is 9.90 Å². The number of hydrogen-bond acceptors (Lipinski definition) is 4. The average Bonchev–Trinajstić information content (AvgIpc) is 2.45. The molecule has 0 radical (unpaired) electrons. The number of aliphatic hydroxyl groups excluding tert-OH is 1. The van der Waals surface area contributed by atoms with Crippen molar-refractivity contribution in [3.63, 3.8) is 0 Å². The molecule has 0 saturated heterocycles. The number of benzene rings is 1. The van der Waals surface area contributed by atoms with Crippen molar-refractivity contribution in [2.75, 3.05) is 13.7 Å². The molecule has 1 aromatic carbocycles. The number of hydrogen-bond donors (Lipinski definition) is 1. The lowest BCUT2D eigenvalue weighted by molar-refractivity contribution is -0.144. The van der Waals surface area contributed by atoms with E-state index in [4.69, 9.17) is 9.47 Å². The van der Waals surface area contributed by atoms with Gasteiger partial charge in [0.15, 0.2) is 0 Å². The van der Waals surface area contributed by atoms with Crippen molar-refractivity contribution in [3.05, 3.63) is 28.2 Å². The number of rotatable bonds is 8. The molecule has 0 spiro atoms. The summed E-state index contributed by atoms with van der Waals surface area (Å²) in [5, 5.41) is 10.1. The van der Waals surface area contributed by atoms with Crippen LogP contribution in [-0.4, -0.2) is 24.8 Å². The first-order valence-corrected chi connectivity index (χ1v) is 7.55. The summed E-state index contributed by atoms with van der Waals surface area (Å²) in [5.41, 5.74) is 0.749. The molecule has 0 amide bonds. The number of carbonyl (C=O) groups is 1. The molecule has 5 heteroatoms. The minimum atomic E-state index is -0.684. The number of methoxy groups -OCH3 is 1. The fraction of sp³-hybridized carbons (Fsp3) is 0.533. The molecule has 4 nitrogen and oxygen atoms in total. The van der Waals surface area contributed by atoms with Crippen molar-refractivity contribution in [2.45, 2.75) is 38.7 Å². The number of aliphatic hydroxyl groups is 1. The van der Waals surface area contributed by atoms with E-state index in [2.05, 4.69) is 15.9 Å². The fourth-order valence-corrected chi connectivity index (χ4v) is 2.27. The summed E-state index contributed by atoms with van der Waals surface area (Å²) in [4.78, 5) is 11.5. The predicted octanol–water partition coefficient (Wildman–Crippen LogP) is 3.61. The molecular formula is C15H21BrO4. The van der Waals surface area contributed by atoms with Crippen LogP contribution in [0.1, 0.15) is 44.3 Å². The molecule has 0 aliphatic heterocycles. The second-order valence-electron chi connectivity index (χ2n) is 4.52. The Morgan fingerprint density at radius 3 is 2.80 bits per heavy atom. The summed E-state index contributed by atoms with van der Waals surface area (Å²) in [7, 11) is 1.59. The van der Waals surface area contributed by atoms with Crippen LogP contribution in [0.25, 0.3) is 0 Å². The molecule has 112 valence electrons. The molecule has 1 N–H and O–H groups in total. The van der Waals surface area contributed by atoms with Gasteiger partial charge >= 0.3 is 5.97 Å². The average molecular weight is 345 g/mol. The zero-order chi connectivity index (χ0) is 15.0. The highest BCUT2D eigenvalue weighted by molar-refractivity contribution is 9.10. The van der Waals surface area contributed by atoms with Crippen molar-refractivity contribution >= 4 is 21.9 Å². The Morgan fingerprint density at radius 1 is 1.45 bits per heavy atom. The maximum absolute atomic E-state index is 11.5. The standard InChI is InChI=1S/C15H21BrO4/c1-3-4-9-20-15(18)8-6-13(17)11-5-7-14(19-2)12(16)10-11/h5,7,10,13,17H,3-4,6,8-9H2,1-2H3.